The number of unbranched alkanes of at least 4 members (excludes halogenated alkanes) is 62. The van der Waals surface area contributed by atoms with Gasteiger partial charge in [-0.25, -0.2) is 4.79 Å². The largest absolute Gasteiger partial charge is 0.465 e. The minimum Gasteiger partial charge on any atom is -0.465 e. The van der Waals surface area contributed by atoms with Gasteiger partial charge < -0.3 is 9.47 Å². The maximum atomic E-state index is 12.3. The standard InChI is InChI=1S/C73H142O4/c1-4-6-8-10-12-14-16-18-20-22-24-26-28-30-32-34-36-38-40-42-44-46-48-50-52-54-56-58-60-62-64-66-68-76-72(74)70-71(3)73(75)77-69-67-65-63-61-59-57-55-53-51-49-47-45-43-41-39-37-35-33-31-29-27-25-23-21-19-17-15-13-11-9-7-5-2/h3-70H2,1-2H3. The maximum absolute atomic E-state index is 12.3. The van der Waals surface area contributed by atoms with Crippen molar-refractivity contribution in [2.45, 2.75) is 431 Å². The molecule has 0 aliphatic heterocycles. The van der Waals surface area contributed by atoms with Crippen molar-refractivity contribution < 1.29 is 19.1 Å². The van der Waals surface area contributed by atoms with Crippen molar-refractivity contribution in [3.05, 3.63) is 12.2 Å². The highest BCUT2D eigenvalue weighted by atomic mass is 16.5. The lowest BCUT2D eigenvalue weighted by molar-refractivity contribution is -0.146. The molecule has 0 fully saturated rings. The summed E-state index contributed by atoms with van der Waals surface area (Å²) in [5.74, 6) is -0.822. The van der Waals surface area contributed by atoms with Crippen molar-refractivity contribution in [3.63, 3.8) is 0 Å². The molecular formula is C73H142O4. The van der Waals surface area contributed by atoms with E-state index in [1.807, 2.05) is 0 Å². The van der Waals surface area contributed by atoms with Crippen LogP contribution < -0.4 is 0 Å². The van der Waals surface area contributed by atoms with Gasteiger partial charge in [0, 0.05) is 5.57 Å². The molecule has 0 aromatic heterocycles. The van der Waals surface area contributed by atoms with Crippen LogP contribution in [0.2, 0.25) is 0 Å². The Labute approximate surface area is 485 Å². The lowest BCUT2D eigenvalue weighted by atomic mass is 10.0. The van der Waals surface area contributed by atoms with Crippen LogP contribution in [-0.4, -0.2) is 25.2 Å². The van der Waals surface area contributed by atoms with Crippen LogP contribution in [0.3, 0.4) is 0 Å². The molecule has 0 aromatic rings. The number of ether oxygens (including phenoxy) is 2. The van der Waals surface area contributed by atoms with Crippen molar-refractivity contribution in [2.75, 3.05) is 13.2 Å². The number of hydrogen-bond acceptors (Lipinski definition) is 4. The first-order chi connectivity index (χ1) is 38.1. The summed E-state index contributed by atoms with van der Waals surface area (Å²) in [6, 6.07) is 0. The molecule has 0 saturated carbocycles. The van der Waals surface area contributed by atoms with E-state index in [1.54, 1.807) is 0 Å². The third-order valence-corrected chi connectivity index (χ3v) is 17.1. The summed E-state index contributed by atoms with van der Waals surface area (Å²) in [4.78, 5) is 24.6. The van der Waals surface area contributed by atoms with Crippen LogP contribution in [0.4, 0.5) is 0 Å². The maximum Gasteiger partial charge on any atom is 0.333 e. The Morgan fingerprint density at radius 1 is 0.221 bits per heavy atom. The smallest absolute Gasteiger partial charge is 0.333 e. The molecule has 0 aliphatic carbocycles. The average molecular weight is 1080 g/mol. The molecule has 0 unspecified atom stereocenters. The topological polar surface area (TPSA) is 52.6 Å². The van der Waals surface area contributed by atoms with Gasteiger partial charge in [-0.2, -0.15) is 0 Å². The van der Waals surface area contributed by atoms with Gasteiger partial charge in [0.15, 0.2) is 0 Å². The highest BCUT2D eigenvalue weighted by molar-refractivity contribution is 5.93. The van der Waals surface area contributed by atoms with E-state index >= 15 is 0 Å². The SMILES string of the molecule is C=C(CC(=O)OCCCCCCCCCCCCCCCCCCCCCCCCCCCCCCCCCC)C(=O)OCCCCCCCCCCCCCCCCCCCCCCCCCCCCCCCCCC. The van der Waals surface area contributed by atoms with Crippen LogP contribution in [0, 0.1) is 0 Å². The van der Waals surface area contributed by atoms with Gasteiger partial charge in [0.25, 0.3) is 0 Å². The van der Waals surface area contributed by atoms with Crippen molar-refractivity contribution in [3.8, 4) is 0 Å². The summed E-state index contributed by atoms with van der Waals surface area (Å²) < 4.78 is 10.8. The first kappa shape index (κ1) is 75.7. The molecule has 4 heteroatoms. The van der Waals surface area contributed by atoms with Gasteiger partial charge in [-0.15, -0.1) is 0 Å². The second-order valence-corrected chi connectivity index (χ2v) is 25.1. The molecule has 0 N–H and O–H groups in total. The normalized spacial score (nSPS) is 11.5. The second-order valence-electron chi connectivity index (χ2n) is 25.1. The molecule has 0 aromatic carbocycles. The van der Waals surface area contributed by atoms with E-state index in [1.165, 1.54) is 385 Å². The Hall–Kier alpha value is -1.32. The van der Waals surface area contributed by atoms with Crippen LogP contribution in [0.1, 0.15) is 431 Å². The lowest BCUT2D eigenvalue weighted by Crippen LogP contribution is -2.14. The summed E-state index contributed by atoms with van der Waals surface area (Å²) in [5.41, 5.74) is 0.205. The summed E-state index contributed by atoms with van der Waals surface area (Å²) in [6.07, 6.45) is 89.5. The third-order valence-electron chi connectivity index (χ3n) is 17.1. The molecule has 0 spiro atoms. The molecular weight excluding hydrogens is 941 g/mol. The lowest BCUT2D eigenvalue weighted by Gasteiger charge is -2.08. The number of hydrogen-bond donors (Lipinski definition) is 0. The molecule has 0 rings (SSSR count). The Morgan fingerprint density at radius 3 is 0.532 bits per heavy atom. The minimum absolute atomic E-state index is 0.0713. The molecule has 0 heterocycles. The fraction of sp³-hybridized carbons (Fsp3) is 0.945. The molecule has 0 amide bonds. The minimum atomic E-state index is -0.455. The van der Waals surface area contributed by atoms with Crippen LogP contribution >= 0.6 is 0 Å². The molecule has 458 valence electrons. The van der Waals surface area contributed by atoms with Gasteiger partial charge in [-0.05, 0) is 12.8 Å². The Balaban J connectivity index is 3.28. The zero-order valence-corrected chi connectivity index (χ0v) is 53.2. The van der Waals surface area contributed by atoms with Crippen LogP contribution in [0.15, 0.2) is 12.2 Å². The number of carbonyl (C=O) groups excluding carboxylic acids is 2. The van der Waals surface area contributed by atoms with Crippen molar-refractivity contribution in [1.29, 1.82) is 0 Å². The van der Waals surface area contributed by atoms with Gasteiger partial charge in [-0.3, -0.25) is 4.79 Å². The predicted octanol–water partition coefficient (Wildman–Crippen LogP) is 26.0. The molecule has 0 radical (unpaired) electrons. The van der Waals surface area contributed by atoms with Crippen LogP contribution in [-0.2, 0) is 19.1 Å². The molecule has 0 atom stereocenters. The zero-order valence-electron chi connectivity index (χ0n) is 53.2. The van der Waals surface area contributed by atoms with E-state index in [4.69, 9.17) is 9.47 Å². The van der Waals surface area contributed by atoms with Crippen molar-refractivity contribution >= 4 is 11.9 Å². The first-order valence-corrected chi connectivity index (χ1v) is 36.1. The fourth-order valence-electron chi connectivity index (χ4n) is 11.7. The van der Waals surface area contributed by atoms with E-state index in [-0.39, 0.29) is 18.0 Å². The second kappa shape index (κ2) is 69.0. The van der Waals surface area contributed by atoms with Gasteiger partial charge in [0.1, 0.15) is 0 Å². The third kappa shape index (κ3) is 67.1. The summed E-state index contributed by atoms with van der Waals surface area (Å²) in [5, 5.41) is 0. The van der Waals surface area contributed by atoms with Crippen LogP contribution in [0.25, 0.3) is 0 Å². The summed E-state index contributed by atoms with van der Waals surface area (Å²) >= 11 is 0. The van der Waals surface area contributed by atoms with Crippen molar-refractivity contribution in [1.82, 2.24) is 0 Å². The zero-order chi connectivity index (χ0) is 55.5. The summed E-state index contributed by atoms with van der Waals surface area (Å²) in [7, 11) is 0. The molecule has 4 nitrogen and oxygen atoms in total. The monoisotopic (exact) mass is 1080 g/mol. The number of carbonyl (C=O) groups is 2. The predicted molar refractivity (Wildman–Crippen MR) is 343 cm³/mol. The highest BCUT2D eigenvalue weighted by Gasteiger charge is 2.14. The summed E-state index contributed by atoms with van der Waals surface area (Å²) in [6.45, 7) is 9.25. The average Bonchev–Trinajstić information content (AvgIpc) is 3.43. The van der Waals surface area contributed by atoms with E-state index in [0.717, 1.165) is 25.7 Å². The Bertz CT molecular complexity index is 1130. The molecule has 0 bridgehead atoms. The van der Waals surface area contributed by atoms with Gasteiger partial charge >= 0.3 is 11.9 Å². The van der Waals surface area contributed by atoms with Gasteiger partial charge in [0.2, 0.25) is 0 Å². The van der Waals surface area contributed by atoms with Crippen molar-refractivity contribution in [2.24, 2.45) is 0 Å². The van der Waals surface area contributed by atoms with E-state index in [2.05, 4.69) is 20.4 Å². The highest BCUT2D eigenvalue weighted by Crippen LogP contribution is 2.20. The molecule has 0 saturated heterocycles. The van der Waals surface area contributed by atoms with E-state index < -0.39 is 5.97 Å². The molecule has 77 heavy (non-hydrogen) atoms. The molecule has 0 aliphatic rings. The van der Waals surface area contributed by atoms with Crippen LogP contribution in [0.5, 0.6) is 0 Å². The fourth-order valence-corrected chi connectivity index (χ4v) is 11.7. The Morgan fingerprint density at radius 2 is 0.364 bits per heavy atom. The number of esters is 2. The van der Waals surface area contributed by atoms with Gasteiger partial charge in [0.05, 0.1) is 19.6 Å². The number of rotatable bonds is 69. The first-order valence-electron chi connectivity index (χ1n) is 36.1. The van der Waals surface area contributed by atoms with E-state index in [0.29, 0.717) is 13.2 Å². The quantitative estimate of drug-likeness (QED) is 0.0346. The van der Waals surface area contributed by atoms with Gasteiger partial charge in [-0.1, -0.05) is 419 Å². The Kier molecular flexibility index (Phi) is 67.8. The van der Waals surface area contributed by atoms with E-state index in [9.17, 15) is 9.59 Å².